The first-order chi connectivity index (χ1) is 12.6. The predicted molar refractivity (Wildman–Crippen MR) is 108 cm³/mol. The summed E-state index contributed by atoms with van der Waals surface area (Å²) >= 11 is 1.79. The van der Waals surface area contributed by atoms with Crippen molar-refractivity contribution in [3.63, 3.8) is 0 Å². The number of nitrogens with one attached hydrogen (secondary N) is 2. The second-order valence-electron chi connectivity index (χ2n) is 6.08. The van der Waals surface area contributed by atoms with Crippen LogP contribution in [0, 0.1) is 13.8 Å². The van der Waals surface area contributed by atoms with Crippen LogP contribution in [0.1, 0.15) is 29.6 Å². The third kappa shape index (κ3) is 3.99. The topological polar surface area (TPSA) is 78.8 Å². The van der Waals surface area contributed by atoms with E-state index in [9.17, 15) is 4.79 Å². The van der Waals surface area contributed by atoms with Crippen molar-refractivity contribution >= 4 is 17.5 Å². The Hall–Kier alpha value is -2.54. The Bertz CT molecular complexity index is 952. The maximum absolute atomic E-state index is 12.7. The van der Waals surface area contributed by atoms with Gasteiger partial charge in [0.05, 0.1) is 23.3 Å². The van der Waals surface area contributed by atoms with Crippen LogP contribution in [0.25, 0.3) is 5.69 Å². The molecule has 0 aliphatic rings. The molecule has 0 aliphatic heterocycles. The summed E-state index contributed by atoms with van der Waals surface area (Å²) in [5, 5.41) is 3.14. The van der Waals surface area contributed by atoms with E-state index in [1.54, 1.807) is 22.8 Å². The van der Waals surface area contributed by atoms with E-state index in [1.165, 1.54) is 0 Å². The lowest BCUT2D eigenvalue weighted by Crippen LogP contribution is -2.19. The van der Waals surface area contributed by atoms with Crippen molar-refractivity contribution < 1.29 is 0 Å². The summed E-state index contributed by atoms with van der Waals surface area (Å²) in [5.74, 6) is 1.76. The third-order valence-corrected chi connectivity index (χ3v) is 5.15. The molecular formula is C19H23N5OS. The van der Waals surface area contributed by atoms with Gasteiger partial charge in [-0.3, -0.25) is 14.9 Å². The van der Waals surface area contributed by atoms with Gasteiger partial charge in [-0.25, -0.2) is 9.67 Å². The molecule has 0 fully saturated rings. The quantitative estimate of drug-likeness (QED) is 0.496. The molecule has 136 valence electrons. The molecule has 7 heteroatoms. The van der Waals surface area contributed by atoms with Gasteiger partial charge in [0.2, 0.25) is 0 Å². The third-order valence-electron chi connectivity index (χ3n) is 4.21. The Morgan fingerprint density at radius 1 is 1.23 bits per heavy atom. The van der Waals surface area contributed by atoms with Crippen molar-refractivity contribution in [3.8, 4) is 5.69 Å². The summed E-state index contributed by atoms with van der Waals surface area (Å²) in [6.07, 6.45) is 1.72. The largest absolute Gasteiger partial charge is 0.348 e. The van der Waals surface area contributed by atoms with Crippen LogP contribution in [0.2, 0.25) is 0 Å². The number of aromatic amines is 2. The summed E-state index contributed by atoms with van der Waals surface area (Å²) in [7, 11) is 0. The average molecular weight is 369 g/mol. The fourth-order valence-electron chi connectivity index (χ4n) is 2.79. The Balaban J connectivity index is 1.65. The standard InChI is InChI=1S/C19H23N5OS/c1-13-17(22-12-21-13)11-26-10-9-20-14(2)18-15(3)23-24(19(18)25)16-7-5-4-6-8-16/h4-8,12,23H,9-11H2,1-3H3,(H,21,22). The molecule has 0 radical (unpaired) electrons. The summed E-state index contributed by atoms with van der Waals surface area (Å²) in [6.45, 7) is 6.51. The molecule has 2 N–H and O–H groups in total. The molecule has 0 amide bonds. The highest BCUT2D eigenvalue weighted by Crippen LogP contribution is 2.13. The number of aliphatic imine (C=N–C) groups is 1. The molecule has 0 atom stereocenters. The highest BCUT2D eigenvalue weighted by molar-refractivity contribution is 7.98. The maximum atomic E-state index is 12.7. The van der Waals surface area contributed by atoms with Crippen LogP contribution in [0.15, 0.2) is 46.4 Å². The molecule has 0 aliphatic carbocycles. The molecule has 0 unspecified atom stereocenters. The number of para-hydroxylation sites is 1. The average Bonchev–Trinajstić information content (AvgIpc) is 3.18. The van der Waals surface area contributed by atoms with Crippen LogP contribution in [-0.2, 0) is 5.75 Å². The number of thioether (sulfide) groups is 1. The second kappa shape index (κ2) is 8.23. The number of H-pyrrole nitrogens is 2. The van der Waals surface area contributed by atoms with Crippen molar-refractivity contribution in [3.05, 3.63) is 69.7 Å². The van der Waals surface area contributed by atoms with Gasteiger partial charge in [-0.05, 0) is 32.9 Å². The van der Waals surface area contributed by atoms with Crippen molar-refractivity contribution in [2.75, 3.05) is 12.3 Å². The number of hydrogen-bond acceptors (Lipinski definition) is 4. The van der Waals surface area contributed by atoms with Gasteiger partial charge in [-0.15, -0.1) is 0 Å². The number of aryl methyl sites for hydroxylation is 2. The van der Waals surface area contributed by atoms with Gasteiger partial charge in [-0.2, -0.15) is 11.8 Å². The van der Waals surface area contributed by atoms with Gasteiger partial charge in [0, 0.05) is 35.2 Å². The molecule has 3 rings (SSSR count). The summed E-state index contributed by atoms with van der Waals surface area (Å²) in [4.78, 5) is 24.7. The number of nitrogens with zero attached hydrogens (tertiary/aromatic N) is 3. The minimum atomic E-state index is -0.0604. The maximum Gasteiger partial charge on any atom is 0.280 e. The van der Waals surface area contributed by atoms with Gasteiger partial charge in [-0.1, -0.05) is 18.2 Å². The van der Waals surface area contributed by atoms with E-state index in [0.29, 0.717) is 12.1 Å². The fraction of sp³-hybridized carbons (Fsp3) is 0.316. The van der Waals surface area contributed by atoms with Gasteiger partial charge in [0.25, 0.3) is 5.56 Å². The van der Waals surface area contributed by atoms with Crippen molar-refractivity contribution in [2.45, 2.75) is 26.5 Å². The van der Waals surface area contributed by atoms with E-state index in [-0.39, 0.29) is 5.56 Å². The molecule has 26 heavy (non-hydrogen) atoms. The van der Waals surface area contributed by atoms with E-state index in [2.05, 4.69) is 20.1 Å². The molecule has 0 saturated heterocycles. The zero-order valence-corrected chi connectivity index (χ0v) is 16.1. The molecule has 6 nitrogen and oxygen atoms in total. The molecule has 0 bridgehead atoms. The summed E-state index contributed by atoms with van der Waals surface area (Å²) in [5.41, 5.74) is 5.22. The van der Waals surface area contributed by atoms with E-state index >= 15 is 0 Å². The van der Waals surface area contributed by atoms with Crippen LogP contribution >= 0.6 is 11.8 Å². The van der Waals surface area contributed by atoms with Crippen molar-refractivity contribution in [2.24, 2.45) is 4.99 Å². The monoisotopic (exact) mass is 369 g/mol. The Morgan fingerprint density at radius 3 is 2.69 bits per heavy atom. The van der Waals surface area contributed by atoms with E-state index < -0.39 is 0 Å². The van der Waals surface area contributed by atoms with E-state index in [4.69, 9.17) is 0 Å². The van der Waals surface area contributed by atoms with Crippen LogP contribution in [-0.4, -0.2) is 37.8 Å². The van der Waals surface area contributed by atoms with E-state index in [0.717, 1.165) is 40.0 Å². The minimum absolute atomic E-state index is 0.0604. The smallest absolute Gasteiger partial charge is 0.280 e. The normalized spacial score (nSPS) is 11.9. The van der Waals surface area contributed by atoms with Crippen molar-refractivity contribution in [1.29, 1.82) is 0 Å². The van der Waals surface area contributed by atoms with E-state index in [1.807, 2.05) is 51.1 Å². The number of imidazole rings is 1. The van der Waals surface area contributed by atoms with Gasteiger partial charge in [0.15, 0.2) is 0 Å². The molecule has 0 spiro atoms. The highest BCUT2D eigenvalue weighted by Gasteiger charge is 2.14. The lowest BCUT2D eigenvalue weighted by Gasteiger charge is -2.00. The zero-order valence-electron chi connectivity index (χ0n) is 15.2. The van der Waals surface area contributed by atoms with Crippen LogP contribution in [0.5, 0.6) is 0 Å². The number of rotatable bonds is 7. The minimum Gasteiger partial charge on any atom is -0.348 e. The number of aromatic nitrogens is 4. The van der Waals surface area contributed by atoms with Gasteiger partial charge >= 0.3 is 0 Å². The first kappa shape index (κ1) is 18.3. The molecule has 3 aromatic rings. The molecule has 1 aromatic carbocycles. The fourth-order valence-corrected chi connectivity index (χ4v) is 3.64. The predicted octanol–water partition coefficient (Wildman–Crippen LogP) is 3.25. The van der Waals surface area contributed by atoms with Gasteiger partial charge in [0.1, 0.15) is 0 Å². The SMILES string of the molecule is CC(=NCCSCc1nc[nH]c1C)c1c(C)[nH]n(-c2ccccc2)c1=O. The van der Waals surface area contributed by atoms with Crippen LogP contribution in [0.4, 0.5) is 0 Å². The molecule has 0 saturated carbocycles. The Labute approximate surface area is 156 Å². The van der Waals surface area contributed by atoms with Crippen molar-refractivity contribution in [1.82, 2.24) is 19.7 Å². The zero-order chi connectivity index (χ0) is 18.5. The lowest BCUT2D eigenvalue weighted by atomic mass is 10.2. The number of benzene rings is 1. The Morgan fingerprint density at radius 2 is 2.00 bits per heavy atom. The lowest BCUT2D eigenvalue weighted by molar-refractivity contribution is 0.835. The molecule has 2 aromatic heterocycles. The summed E-state index contributed by atoms with van der Waals surface area (Å²) < 4.78 is 1.57. The second-order valence-corrected chi connectivity index (χ2v) is 7.19. The molecule has 2 heterocycles. The Kier molecular flexibility index (Phi) is 5.78. The van der Waals surface area contributed by atoms with Gasteiger partial charge < -0.3 is 4.98 Å². The summed E-state index contributed by atoms with van der Waals surface area (Å²) in [6, 6.07) is 9.57. The first-order valence-corrected chi connectivity index (χ1v) is 9.68. The van der Waals surface area contributed by atoms with Crippen LogP contribution < -0.4 is 5.56 Å². The first-order valence-electron chi connectivity index (χ1n) is 8.53. The molecular weight excluding hydrogens is 346 g/mol. The van der Waals surface area contributed by atoms with Crippen LogP contribution in [0.3, 0.4) is 0 Å². The number of hydrogen-bond donors (Lipinski definition) is 2. The highest BCUT2D eigenvalue weighted by atomic mass is 32.2.